The molecule has 18 heavy (non-hydrogen) atoms. The van der Waals surface area contributed by atoms with E-state index in [-0.39, 0.29) is 0 Å². The molecule has 0 unspecified atom stereocenters. The summed E-state index contributed by atoms with van der Waals surface area (Å²) >= 11 is 1.50. The summed E-state index contributed by atoms with van der Waals surface area (Å²) in [7, 11) is 0. The fraction of sp³-hybridized carbons (Fsp3) is 0.286. The lowest BCUT2D eigenvalue weighted by Gasteiger charge is -2.04. The number of nitrogens with one attached hydrogen (secondary N) is 1. The molecule has 0 aliphatic heterocycles. The molecule has 0 radical (unpaired) electrons. The number of nitrogens with zero attached hydrogens (tertiary/aromatic N) is 2. The molecule has 0 bridgehead atoms. The van der Waals surface area contributed by atoms with Crippen molar-refractivity contribution in [1.29, 1.82) is 5.26 Å². The number of hydrogen-bond donors (Lipinski definition) is 1. The summed E-state index contributed by atoms with van der Waals surface area (Å²) in [5.74, 6) is 0. The molecule has 0 amide bonds. The third-order valence-corrected chi connectivity index (χ3v) is 3.59. The standard InChI is InChI=1S/C14H15N3S/c1-2-5-16-8-11-6-12(10-17-9-11)14-4-3-13(7-15)18-14/h3-4,6,9-10,16H,2,5,8H2,1H3. The second-order valence-electron chi connectivity index (χ2n) is 4.03. The quantitative estimate of drug-likeness (QED) is 0.837. The first-order valence-corrected chi connectivity index (χ1v) is 6.80. The van der Waals surface area contributed by atoms with E-state index >= 15 is 0 Å². The Balaban J connectivity index is 2.14. The second-order valence-corrected chi connectivity index (χ2v) is 5.12. The van der Waals surface area contributed by atoms with Gasteiger partial charge in [0.2, 0.25) is 0 Å². The average Bonchev–Trinajstić information content (AvgIpc) is 2.88. The van der Waals surface area contributed by atoms with Gasteiger partial charge in [-0.1, -0.05) is 6.92 Å². The van der Waals surface area contributed by atoms with E-state index in [1.54, 1.807) is 0 Å². The topological polar surface area (TPSA) is 48.7 Å². The summed E-state index contributed by atoms with van der Waals surface area (Å²) in [5.41, 5.74) is 2.25. The van der Waals surface area contributed by atoms with Crippen LogP contribution in [0.25, 0.3) is 10.4 Å². The molecule has 2 aromatic rings. The molecule has 92 valence electrons. The zero-order chi connectivity index (χ0) is 12.8. The van der Waals surface area contributed by atoms with E-state index in [0.29, 0.717) is 0 Å². The van der Waals surface area contributed by atoms with Crippen LogP contribution in [0.1, 0.15) is 23.8 Å². The Labute approximate surface area is 111 Å². The Bertz CT molecular complexity index is 554. The summed E-state index contributed by atoms with van der Waals surface area (Å²) in [6, 6.07) is 8.11. The van der Waals surface area contributed by atoms with E-state index in [1.165, 1.54) is 16.9 Å². The maximum atomic E-state index is 8.83. The van der Waals surface area contributed by atoms with Crippen LogP contribution in [0.15, 0.2) is 30.6 Å². The van der Waals surface area contributed by atoms with Crippen LogP contribution in [0.5, 0.6) is 0 Å². The van der Waals surface area contributed by atoms with Gasteiger partial charge < -0.3 is 5.32 Å². The van der Waals surface area contributed by atoms with Crippen molar-refractivity contribution >= 4 is 11.3 Å². The average molecular weight is 257 g/mol. The van der Waals surface area contributed by atoms with E-state index in [4.69, 9.17) is 5.26 Å². The van der Waals surface area contributed by atoms with Crippen molar-refractivity contribution in [3.8, 4) is 16.5 Å². The van der Waals surface area contributed by atoms with Gasteiger partial charge in [-0.3, -0.25) is 4.98 Å². The van der Waals surface area contributed by atoms with Gasteiger partial charge in [0.05, 0.1) is 0 Å². The minimum absolute atomic E-state index is 0.736. The molecule has 3 nitrogen and oxygen atoms in total. The molecule has 0 saturated heterocycles. The van der Waals surface area contributed by atoms with Crippen molar-refractivity contribution in [3.63, 3.8) is 0 Å². The van der Waals surface area contributed by atoms with Crippen LogP contribution >= 0.6 is 11.3 Å². The molecule has 2 rings (SSSR count). The van der Waals surface area contributed by atoms with Gasteiger partial charge >= 0.3 is 0 Å². The van der Waals surface area contributed by atoms with Crippen molar-refractivity contribution < 1.29 is 0 Å². The van der Waals surface area contributed by atoms with Gasteiger partial charge in [0, 0.05) is 29.4 Å². The Kier molecular flexibility index (Phi) is 4.46. The van der Waals surface area contributed by atoms with E-state index in [2.05, 4.69) is 29.4 Å². The van der Waals surface area contributed by atoms with Crippen LogP contribution in [0.4, 0.5) is 0 Å². The van der Waals surface area contributed by atoms with Crippen LogP contribution in [-0.2, 0) is 6.54 Å². The Morgan fingerprint density at radius 2 is 2.28 bits per heavy atom. The van der Waals surface area contributed by atoms with E-state index in [9.17, 15) is 0 Å². The van der Waals surface area contributed by atoms with Gasteiger partial charge in [-0.2, -0.15) is 5.26 Å². The summed E-state index contributed by atoms with van der Waals surface area (Å²) < 4.78 is 0. The first kappa shape index (κ1) is 12.7. The first-order valence-electron chi connectivity index (χ1n) is 5.98. The smallest absolute Gasteiger partial charge is 0.110 e. The first-order chi connectivity index (χ1) is 8.83. The predicted molar refractivity (Wildman–Crippen MR) is 74.3 cm³/mol. The molecule has 2 aromatic heterocycles. The normalized spacial score (nSPS) is 10.2. The van der Waals surface area contributed by atoms with Crippen molar-refractivity contribution in [2.45, 2.75) is 19.9 Å². The van der Waals surface area contributed by atoms with Crippen molar-refractivity contribution in [1.82, 2.24) is 10.3 Å². The number of nitriles is 1. The third-order valence-electron chi connectivity index (χ3n) is 2.55. The number of aromatic nitrogens is 1. The SMILES string of the molecule is CCCNCc1cncc(-c2ccc(C#N)s2)c1. The lowest BCUT2D eigenvalue weighted by atomic mass is 10.2. The minimum atomic E-state index is 0.736. The van der Waals surface area contributed by atoms with Gasteiger partial charge in [0.1, 0.15) is 10.9 Å². The van der Waals surface area contributed by atoms with E-state index in [1.807, 2.05) is 24.5 Å². The van der Waals surface area contributed by atoms with E-state index in [0.717, 1.165) is 34.8 Å². The molecule has 0 aromatic carbocycles. The van der Waals surface area contributed by atoms with Crippen LogP contribution in [-0.4, -0.2) is 11.5 Å². The number of rotatable bonds is 5. The molecule has 1 N–H and O–H groups in total. The Morgan fingerprint density at radius 3 is 3.00 bits per heavy atom. The number of thiophene rings is 1. The van der Waals surface area contributed by atoms with Gasteiger partial charge in [-0.15, -0.1) is 11.3 Å². The van der Waals surface area contributed by atoms with Gasteiger partial charge in [0.25, 0.3) is 0 Å². The van der Waals surface area contributed by atoms with Crippen molar-refractivity contribution in [2.75, 3.05) is 6.54 Å². The minimum Gasteiger partial charge on any atom is -0.313 e. The largest absolute Gasteiger partial charge is 0.313 e. The molecule has 2 heterocycles. The van der Waals surface area contributed by atoms with E-state index < -0.39 is 0 Å². The zero-order valence-electron chi connectivity index (χ0n) is 10.3. The molecule has 0 atom stereocenters. The molecular weight excluding hydrogens is 242 g/mol. The van der Waals surface area contributed by atoms with Gasteiger partial charge in [-0.05, 0) is 36.7 Å². The highest BCUT2D eigenvalue weighted by Crippen LogP contribution is 2.27. The summed E-state index contributed by atoms with van der Waals surface area (Å²) in [6.45, 7) is 4.00. The number of pyridine rings is 1. The van der Waals surface area contributed by atoms with Gasteiger partial charge in [0.15, 0.2) is 0 Å². The van der Waals surface area contributed by atoms with Crippen LogP contribution in [0, 0.1) is 11.3 Å². The van der Waals surface area contributed by atoms with Crippen molar-refractivity contribution in [3.05, 3.63) is 41.0 Å². The maximum Gasteiger partial charge on any atom is 0.110 e. The third kappa shape index (κ3) is 3.16. The Morgan fingerprint density at radius 1 is 1.39 bits per heavy atom. The molecule has 0 aliphatic rings. The Hall–Kier alpha value is -1.70. The number of hydrogen-bond acceptors (Lipinski definition) is 4. The molecule has 0 spiro atoms. The summed E-state index contributed by atoms with van der Waals surface area (Å²) in [5, 5.41) is 12.2. The highest BCUT2D eigenvalue weighted by Gasteiger charge is 2.04. The highest BCUT2D eigenvalue weighted by atomic mass is 32.1. The van der Waals surface area contributed by atoms with Crippen molar-refractivity contribution in [2.24, 2.45) is 0 Å². The molecule has 0 saturated carbocycles. The predicted octanol–water partition coefficient (Wildman–Crippen LogP) is 3.18. The van der Waals surface area contributed by atoms with Crippen LogP contribution in [0.2, 0.25) is 0 Å². The lowest BCUT2D eigenvalue weighted by Crippen LogP contribution is -2.13. The maximum absolute atomic E-state index is 8.83. The zero-order valence-corrected chi connectivity index (χ0v) is 11.1. The summed E-state index contributed by atoms with van der Waals surface area (Å²) in [4.78, 5) is 6.09. The molecule has 0 aliphatic carbocycles. The van der Waals surface area contributed by atoms with Crippen LogP contribution < -0.4 is 5.32 Å². The molecule has 0 fully saturated rings. The highest BCUT2D eigenvalue weighted by molar-refractivity contribution is 7.16. The molecular formula is C14H15N3S. The molecule has 4 heteroatoms. The van der Waals surface area contributed by atoms with Crippen LogP contribution in [0.3, 0.4) is 0 Å². The fourth-order valence-electron chi connectivity index (χ4n) is 1.68. The lowest BCUT2D eigenvalue weighted by molar-refractivity contribution is 0.674. The van der Waals surface area contributed by atoms with Gasteiger partial charge in [-0.25, -0.2) is 0 Å². The second kappa shape index (κ2) is 6.29. The summed E-state index contributed by atoms with van der Waals surface area (Å²) in [6.07, 6.45) is 4.85. The monoisotopic (exact) mass is 257 g/mol. The fourth-order valence-corrected chi connectivity index (χ4v) is 2.47.